The van der Waals surface area contributed by atoms with Crippen LogP contribution in [0.25, 0.3) is 0 Å². The highest BCUT2D eigenvalue weighted by Gasteiger charge is 1.78. The van der Waals surface area contributed by atoms with Crippen LogP contribution in [0, 0.1) is 0 Å². The van der Waals surface area contributed by atoms with Gasteiger partial charge in [0.05, 0.1) is 2.74 Å². The molecular formula is C9H10O2. The molecule has 0 aliphatic carbocycles. The molecule has 0 radical (unpaired) electrons. The van der Waals surface area contributed by atoms with Crippen LogP contribution in [-0.2, 0) is 4.79 Å². The van der Waals surface area contributed by atoms with E-state index in [9.17, 15) is 4.79 Å². The number of hydrogen-bond donors (Lipinski definition) is 1. The summed E-state index contributed by atoms with van der Waals surface area (Å²) >= 11 is 0. The summed E-state index contributed by atoms with van der Waals surface area (Å²) in [7, 11) is 0. The second-order valence-electron chi connectivity index (χ2n) is 1.55. The Morgan fingerprint density at radius 2 is 2.00 bits per heavy atom. The lowest BCUT2D eigenvalue weighted by atomic mass is 10.4. The summed E-state index contributed by atoms with van der Waals surface area (Å²) in [6.07, 6.45) is 7.49. The Hall–Kier alpha value is -1.57. The van der Waals surface area contributed by atoms with Gasteiger partial charge in [-0.3, -0.25) is 0 Å². The normalized spacial score (nSPS) is 16.0. The zero-order valence-corrected chi connectivity index (χ0v) is 5.95. The molecule has 0 saturated heterocycles. The van der Waals surface area contributed by atoms with Gasteiger partial charge in [-0.25, -0.2) is 4.79 Å². The molecule has 0 bridgehead atoms. The molecule has 0 aromatic rings. The van der Waals surface area contributed by atoms with Gasteiger partial charge in [0.1, 0.15) is 0 Å². The molecule has 11 heavy (non-hydrogen) atoms. The summed E-state index contributed by atoms with van der Waals surface area (Å²) in [6, 6.07) is -1.05. The van der Waals surface area contributed by atoms with Gasteiger partial charge in [0.25, 0.3) is 0 Å². The number of rotatable bonds is 4. The maximum atomic E-state index is 10.2. The van der Waals surface area contributed by atoms with Crippen molar-refractivity contribution in [2.45, 2.75) is 0 Å². The highest BCUT2D eigenvalue weighted by Crippen LogP contribution is 1.80. The molecule has 0 fully saturated rings. The number of carbonyl (C=O) groups is 1. The quantitative estimate of drug-likeness (QED) is 0.496. The van der Waals surface area contributed by atoms with Gasteiger partial charge in [-0.15, -0.1) is 0 Å². The minimum absolute atomic E-state index is 0.332. The minimum Gasteiger partial charge on any atom is -0.478 e. The van der Waals surface area contributed by atoms with E-state index in [1.165, 1.54) is 12.2 Å². The Kier molecular flexibility index (Phi) is 3.67. The molecule has 1 N–H and O–H groups in total. The molecule has 0 heterocycles. The SMILES string of the molecule is [3H]C(C=CC=CC=C)=C([3H])C(=O)O. The Morgan fingerprint density at radius 3 is 2.55 bits per heavy atom. The first-order valence-corrected chi connectivity index (χ1v) is 2.96. The van der Waals surface area contributed by atoms with Crippen molar-refractivity contribution >= 4 is 5.97 Å². The van der Waals surface area contributed by atoms with Crippen LogP contribution >= 0.6 is 0 Å². The summed E-state index contributed by atoms with van der Waals surface area (Å²) in [5.74, 6) is -1.40. The fourth-order valence-electron chi connectivity index (χ4n) is 0.350. The molecule has 0 aromatic heterocycles. The van der Waals surface area contributed by atoms with Crippen molar-refractivity contribution in [1.29, 1.82) is 0 Å². The third-order valence-electron chi connectivity index (χ3n) is 0.717. The molecule has 0 spiro atoms. The third kappa shape index (κ3) is 8.43. The Labute approximate surface area is 68.7 Å². The van der Waals surface area contributed by atoms with Crippen molar-refractivity contribution in [2.75, 3.05) is 0 Å². The first-order chi connectivity index (χ1) is 6.09. The van der Waals surface area contributed by atoms with Crippen LogP contribution in [0.5, 0.6) is 0 Å². The van der Waals surface area contributed by atoms with E-state index in [4.69, 9.17) is 7.85 Å². The molecule has 2 heteroatoms. The lowest BCUT2D eigenvalue weighted by Gasteiger charge is -1.74. The standard InChI is InChI=1S/C9H10O2/c1-2-3-4-5-6-7-8-9(10)11/h2-8H,1H2,(H,10,11)/i7T,8T. The zero-order chi connectivity index (χ0) is 10.3. The van der Waals surface area contributed by atoms with Crippen LogP contribution < -0.4 is 0 Å². The monoisotopic (exact) mass is 154 g/mol. The molecule has 2 nitrogen and oxygen atoms in total. The third-order valence-corrected chi connectivity index (χ3v) is 0.717. The summed E-state index contributed by atoms with van der Waals surface area (Å²) < 4.78 is 14.0. The predicted molar refractivity (Wildman–Crippen MR) is 45.3 cm³/mol. The van der Waals surface area contributed by atoms with E-state index >= 15 is 0 Å². The van der Waals surface area contributed by atoms with Crippen molar-refractivity contribution in [3.8, 4) is 0 Å². The summed E-state index contributed by atoms with van der Waals surface area (Å²) in [6.45, 7) is 3.43. The van der Waals surface area contributed by atoms with Gasteiger partial charge >= 0.3 is 5.97 Å². The van der Waals surface area contributed by atoms with Gasteiger partial charge in [0, 0.05) is 6.05 Å². The van der Waals surface area contributed by atoms with Crippen molar-refractivity contribution in [3.63, 3.8) is 0 Å². The molecule has 0 unspecified atom stereocenters. The predicted octanol–water partition coefficient (Wildman–Crippen LogP) is 1.93. The maximum Gasteiger partial charge on any atom is 0.328 e. The fourth-order valence-corrected chi connectivity index (χ4v) is 0.350. The molecule has 0 saturated carbocycles. The van der Waals surface area contributed by atoms with Crippen molar-refractivity contribution in [2.24, 2.45) is 0 Å². The van der Waals surface area contributed by atoms with Gasteiger partial charge in [-0.05, 0) is 0 Å². The zero-order valence-electron chi connectivity index (χ0n) is 7.95. The van der Waals surface area contributed by atoms with E-state index in [1.807, 2.05) is 0 Å². The van der Waals surface area contributed by atoms with E-state index in [-0.39, 0.29) is 6.05 Å². The Balaban J connectivity index is 4.44. The second kappa shape index (κ2) is 6.55. The average molecular weight is 154 g/mol. The first-order valence-electron chi connectivity index (χ1n) is 3.96. The van der Waals surface area contributed by atoms with Gasteiger partial charge in [0.15, 0.2) is 0 Å². The maximum absolute atomic E-state index is 10.2. The van der Waals surface area contributed by atoms with Crippen LogP contribution in [0.4, 0.5) is 0 Å². The first kappa shape index (κ1) is 6.16. The van der Waals surface area contributed by atoms with E-state index in [2.05, 4.69) is 6.58 Å². The van der Waals surface area contributed by atoms with E-state index < -0.39 is 12.0 Å². The van der Waals surface area contributed by atoms with Crippen molar-refractivity contribution < 1.29 is 12.6 Å². The van der Waals surface area contributed by atoms with Crippen LogP contribution in [0.1, 0.15) is 2.74 Å². The second-order valence-corrected chi connectivity index (χ2v) is 1.55. The molecule has 0 aliphatic rings. The number of carboxylic acid groups (broad SMARTS) is 1. The van der Waals surface area contributed by atoms with Crippen molar-refractivity contribution in [3.05, 3.63) is 49.1 Å². The molecular weight excluding hydrogens is 140 g/mol. The Bertz CT molecular complexity index is 288. The molecule has 0 aliphatic heterocycles. The highest BCUT2D eigenvalue weighted by atomic mass is 16.4. The average Bonchev–Trinajstić information content (AvgIpc) is 2.10. The van der Waals surface area contributed by atoms with E-state index in [0.717, 1.165) is 0 Å². The Morgan fingerprint density at radius 1 is 1.36 bits per heavy atom. The lowest BCUT2D eigenvalue weighted by molar-refractivity contribution is -0.131. The van der Waals surface area contributed by atoms with Crippen molar-refractivity contribution in [1.82, 2.24) is 0 Å². The number of carboxylic acids is 1. The molecule has 0 amide bonds. The van der Waals surface area contributed by atoms with Crippen LogP contribution in [0.3, 0.4) is 0 Å². The van der Waals surface area contributed by atoms with Gasteiger partial charge in [-0.2, -0.15) is 0 Å². The largest absolute Gasteiger partial charge is 0.478 e. The van der Waals surface area contributed by atoms with E-state index in [1.54, 1.807) is 18.2 Å². The lowest BCUT2D eigenvalue weighted by Crippen LogP contribution is -1.84. The summed E-state index contributed by atoms with van der Waals surface area (Å²) in [5.41, 5.74) is 0. The van der Waals surface area contributed by atoms with Crippen LogP contribution in [0.15, 0.2) is 49.1 Å². The van der Waals surface area contributed by atoms with Crippen LogP contribution in [0.2, 0.25) is 0 Å². The number of aliphatic carboxylic acids is 1. The molecule has 0 rings (SSSR count). The van der Waals surface area contributed by atoms with Gasteiger partial charge < -0.3 is 5.11 Å². The topological polar surface area (TPSA) is 37.3 Å². The van der Waals surface area contributed by atoms with Gasteiger partial charge in [-0.1, -0.05) is 43.0 Å². The number of allylic oxidation sites excluding steroid dienone is 6. The number of hydrogen-bond acceptors (Lipinski definition) is 1. The minimum atomic E-state index is -1.40. The van der Waals surface area contributed by atoms with Gasteiger partial charge in [0.2, 0.25) is 0 Å². The molecule has 0 atom stereocenters. The summed E-state index contributed by atoms with van der Waals surface area (Å²) in [5, 5.41) is 8.32. The summed E-state index contributed by atoms with van der Waals surface area (Å²) in [4.78, 5) is 10.2. The fraction of sp³-hybridized carbons (Fsp3) is 0. The van der Waals surface area contributed by atoms with Crippen LogP contribution in [-0.4, -0.2) is 11.1 Å². The highest BCUT2D eigenvalue weighted by molar-refractivity contribution is 5.80. The molecule has 58 valence electrons. The smallest absolute Gasteiger partial charge is 0.328 e. The van der Waals surface area contributed by atoms with E-state index in [0.29, 0.717) is 0 Å². The molecule has 0 aromatic carbocycles.